The molecule has 0 bridgehead atoms. The van der Waals surface area contributed by atoms with E-state index >= 15 is 0 Å². The van der Waals surface area contributed by atoms with Gasteiger partial charge in [-0.2, -0.15) is 0 Å². The van der Waals surface area contributed by atoms with Crippen LogP contribution in [0.2, 0.25) is 0 Å². The third kappa shape index (κ3) is 57.6. The summed E-state index contributed by atoms with van der Waals surface area (Å²) in [5, 5.41) is 13.9. The molecule has 0 spiro atoms. The molecule has 3 atom stereocenters. The highest BCUT2D eigenvalue weighted by Gasteiger charge is 2.27. The molecule has 0 saturated heterocycles. The van der Waals surface area contributed by atoms with Gasteiger partial charge >= 0.3 is 7.82 Å². The number of phosphoric ester groups is 1. The Morgan fingerprint density at radius 2 is 0.811 bits per heavy atom. The Morgan fingerprint density at radius 3 is 1.19 bits per heavy atom. The molecule has 0 aliphatic carbocycles. The van der Waals surface area contributed by atoms with Gasteiger partial charge in [-0.05, 0) is 64.2 Å². The van der Waals surface area contributed by atoms with Gasteiger partial charge in [-0.3, -0.25) is 13.8 Å². The van der Waals surface area contributed by atoms with E-state index in [4.69, 9.17) is 9.05 Å². The fourth-order valence-corrected chi connectivity index (χ4v) is 9.81. The Bertz CT molecular complexity index is 1430. The summed E-state index contributed by atoms with van der Waals surface area (Å²) in [6.07, 6.45) is 77.5. The van der Waals surface area contributed by atoms with Crippen LogP contribution in [-0.2, 0) is 18.4 Å². The van der Waals surface area contributed by atoms with E-state index in [2.05, 4.69) is 79.9 Å². The number of likely N-dealkylation sites (N-methyl/N-ethyl adjacent to an activating group) is 1. The SMILES string of the molecule is CC/C=C\C/C=C\C/C=C\C/C=C\C/C=C\CCCCCCCCCCCCCCCCCCCCCCCCCC(=O)NC(COP(=O)(O)OCC[N+](C)(C)C)C(O)/C=C/CCCCCCCCCCCCC. The summed E-state index contributed by atoms with van der Waals surface area (Å²) in [5.41, 5.74) is 0. The fraction of sp³-hybridized carbons (Fsp3) is 0.800. The third-order valence-corrected chi connectivity index (χ3v) is 14.9. The average Bonchev–Trinajstić information content (AvgIpc) is 3.36. The van der Waals surface area contributed by atoms with Gasteiger partial charge < -0.3 is 19.8 Å². The molecule has 74 heavy (non-hydrogen) atoms. The number of phosphoric acid groups is 1. The summed E-state index contributed by atoms with van der Waals surface area (Å²) < 4.78 is 23.7. The van der Waals surface area contributed by atoms with Gasteiger partial charge in [0.25, 0.3) is 0 Å². The predicted octanol–water partition coefficient (Wildman–Crippen LogP) is 19.4. The van der Waals surface area contributed by atoms with Gasteiger partial charge in [0.1, 0.15) is 13.2 Å². The summed E-state index contributed by atoms with van der Waals surface area (Å²) in [6.45, 7) is 4.71. The number of carbonyl (C=O) groups is 1. The molecule has 0 aromatic heterocycles. The Balaban J connectivity index is 3.90. The Kier molecular flexibility index (Phi) is 54.1. The highest BCUT2D eigenvalue weighted by Crippen LogP contribution is 2.43. The highest BCUT2D eigenvalue weighted by molar-refractivity contribution is 7.47. The van der Waals surface area contributed by atoms with Crippen molar-refractivity contribution in [3.63, 3.8) is 0 Å². The molecule has 0 aromatic rings. The van der Waals surface area contributed by atoms with Crippen LogP contribution < -0.4 is 5.32 Å². The quantitative estimate of drug-likeness (QED) is 0.0243. The summed E-state index contributed by atoms with van der Waals surface area (Å²) in [4.78, 5) is 23.3. The molecule has 432 valence electrons. The maximum absolute atomic E-state index is 13.0. The topological polar surface area (TPSA) is 105 Å². The maximum atomic E-state index is 13.0. The number of hydrogen-bond donors (Lipinski definition) is 3. The normalized spacial score (nSPS) is 14.3. The third-order valence-electron chi connectivity index (χ3n) is 13.9. The number of rotatable bonds is 57. The lowest BCUT2D eigenvalue weighted by Crippen LogP contribution is -2.45. The fourth-order valence-electron chi connectivity index (χ4n) is 9.07. The predicted molar refractivity (Wildman–Crippen MR) is 323 cm³/mol. The second-order valence-corrected chi connectivity index (χ2v) is 23.9. The number of nitrogens with zero attached hydrogens (tertiary/aromatic N) is 1. The van der Waals surface area contributed by atoms with Crippen LogP contribution in [0.25, 0.3) is 0 Å². The van der Waals surface area contributed by atoms with Crippen LogP contribution in [0.3, 0.4) is 0 Å². The summed E-state index contributed by atoms with van der Waals surface area (Å²) in [6, 6.07) is -0.846. The molecular weight excluding hydrogens is 936 g/mol. The molecule has 3 N–H and O–H groups in total. The second-order valence-electron chi connectivity index (χ2n) is 22.4. The molecule has 0 saturated carbocycles. The van der Waals surface area contributed by atoms with E-state index in [1.165, 1.54) is 193 Å². The number of nitrogens with one attached hydrogen (secondary N) is 1. The molecule has 0 fully saturated rings. The lowest BCUT2D eigenvalue weighted by atomic mass is 10.0. The number of allylic oxidation sites excluding steroid dienone is 11. The molecule has 9 heteroatoms. The van der Waals surface area contributed by atoms with Crippen molar-refractivity contribution in [2.45, 2.75) is 296 Å². The Morgan fingerprint density at radius 1 is 0.473 bits per heavy atom. The monoisotopic (exact) mass is 1060 g/mol. The van der Waals surface area contributed by atoms with E-state index in [-0.39, 0.29) is 19.1 Å². The lowest BCUT2D eigenvalue weighted by molar-refractivity contribution is -0.870. The minimum atomic E-state index is -4.34. The zero-order chi connectivity index (χ0) is 54.2. The van der Waals surface area contributed by atoms with Crippen molar-refractivity contribution in [1.29, 1.82) is 0 Å². The smallest absolute Gasteiger partial charge is 0.387 e. The van der Waals surface area contributed by atoms with Gasteiger partial charge in [0, 0.05) is 6.42 Å². The number of hydrogen-bond acceptors (Lipinski definition) is 5. The first-order chi connectivity index (χ1) is 36.0. The second kappa shape index (κ2) is 55.7. The minimum absolute atomic E-state index is 0.0618. The van der Waals surface area contributed by atoms with Crippen LogP contribution in [0.5, 0.6) is 0 Å². The van der Waals surface area contributed by atoms with Crippen molar-refractivity contribution < 1.29 is 32.9 Å². The zero-order valence-corrected chi connectivity index (χ0v) is 50.2. The van der Waals surface area contributed by atoms with E-state index < -0.39 is 20.0 Å². The van der Waals surface area contributed by atoms with E-state index in [1.54, 1.807) is 6.08 Å². The minimum Gasteiger partial charge on any atom is -0.387 e. The number of quaternary nitrogens is 1. The first-order valence-corrected chi connectivity index (χ1v) is 32.8. The van der Waals surface area contributed by atoms with Gasteiger partial charge in [-0.25, -0.2) is 4.57 Å². The van der Waals surface area contributed by atoms with E-state index in [0.29, 0.717) is 17.4 Å². The molecule has 3 unspecified atom stereocenters. The van der Waals surface area contributed by atoms with E-state index in [1.807, 2.05) is 27.2 Å². The Hall–Kier alpha value is -2.06. The van der Waals surface area contributed by atoms with Crippen LogP contribution >= 0.6 is 7.82 Å². The van der Waals surface area contributed by atoms with Gasteiger partial charge in [0.2, 0.25) is 5.91 Å². The van der Waals surface area contributed by atoms with Crippen molar-refractivity contribution in [1.82, 2.24) is 5.32 Å². The summed E-state index contributed by atoms with van der Waals surface area (Å²) >= 11 is 0. The average molecular weight is 1060 g/mol. The van der Waals surface area contributed by atoms with Crippen molar-refractivity contribution >= 4 is 13.7 Å². The van der Waals surface area contributed by atoms with Crippen molar-refractivity contribution in [3.05, 3.63) is 72.9 Å². The molecule has 0 aliphatic heterocycles. The van der Waals surface area contributed by atoms with Crippen LogP contribution in [0, 0.1) is 0 Å². The van der Waals surface area contributed by atoms with Gasteiger partial charge in [0.05, 0.1) is 39.9 Å². The number of unbranched alkanes of at least 4 members (excludes halogenated alkanes) is 34. The first kappa shape index (κ1) is 71.9. The number of amides is 1. The lowest BCUT2D eigenvalue weighted by Gasteiger charge is -2.25. The molecule has 0 radical (unpaired) electrons. The van der Waals surface area contributed by atoms with Crippen molar-refractivity contribution in [3.8, 4) is 0 Å². The number of carbonyl (C=O) groups excluding carboxylic acids is 1. The molecule has 0 heterocycles. The molecule has 0 aliphatic rings. The molecular formula is C65H122N2O6P+. The van der Waals surface area contributed by atoms with Gasteiger partial charge in [0.15, 0.2) is 0 Å². The standard InChI is InChI=1S/C65H121N2O6P/c1-6-8-10-12-14-16-18-20-21-22-23-24-25-26-27-28-29-30-31-32-33-34-35-36-37-38-39-40-41-42-43-44-45-47-49-51-53-55-57-59-65(69)66-63(62-73-74(70,71)72-61-60-67(3,4)5)64(68)58-56-54-52-50-48-46-19-17-15-13-11-9-7-2/h8,10,14,16,20-21,23-24,26-27,56,58,63-64,68H,6-7,9,11-13,15,17-19,22,25,28-55,57,59-62H2,1-5H3,(H-,66,69,70,71)/p+1/b10-8-,16-14-,21-20-,24-23-,27-26-,58-56+. The largest absolute Gasteiger partial charge is 0.472 e. The van der Waals surface area contributed by atoms with Crippen LogP contribution in [0.1, 0.15) is 284 Å². The number of aliphatic hydroxyl groups excluding tert-OH is 1. The summed E-state index contributed by atoms with van der Waals surface area (Å²) in [7, 11) is 1.58. The highest BCUT2D eigenvalue weighted by atomic mass is 31.2. The van der Waals surface area contributed by atoms with Gasteiger partial charge in [-0.1, -0.05) is 286 Å². The number of aliphatic hydroxyl groups is 1. The van der Waals surface area contributed by atoms with E-state index in [9.17, 15) is 19.4 Å². The van der Waals surface area contributed by atoms with Crippen LogP contribution in [0.4, 0.5) is 0 Å². The van der Waals surface area contributed by atoms with Crippen LogP contribution in [0.15, 0.2) is 72.9 Å². The zero-order valence-electron chi connectivity index (χ0n) is 49.3. The van der Waals surface area contributed by atoms with Crippen LogP contribution in [-0.4, -0.2) is 73.4 Å². The molecule has 0 aromatic carbocycles. The van der Waals surface area contributed by atoms with E-state index in [0.717, 1.165) is 70.6 Å². The maximum Gasteiger partial charge on any atom is 0.472 e. The first-order valence-electron chi connectivity index (χ1n) is 31.3. The van der Waals surface area contributed by atoms with Gasteiger partial charge in [-0.15, -0.1) is 0 Å². The Labute approximate surface area is 459 Å². The van der Waals surface area contributed by atoms with Crippen molar-refractivity contribution in [2.75, 3.05) is 40.9 Å². The molecule has 8 nitrogen and oxygen atoms in total. The molecule has 0 rings (SSSR count). The molecule has 1 amide bonds. The van der Waals surface area contributed by atoms with Crippen molar-refractivity contribution in [2.24, 2.45) is 0 Å². The summed E-state index contributed by atoms with van der Waals surface area (Å²) in [5.74, 6) is -0.174.